The molecule has 25 heavy (non-hydrogen) atoms. The molecule has 1 aromatic carbocycles. The van der Waals surface area contributed by atoms with Crippen molar-refractivity contribution in [2.24, 2.45) is 0 Å². The predicted molar refractivity (Wildman–Crippen MR) is 94.7 cm³/mol. The maximum atomic E-state index is 12.0. The highest BCUT2D eigenvalue weighted by Gasteiger charge is 2.17. The quantitative estimate of drug-likeness (QED) is 0.527. The second-order valence-electron chi connectivity index (χ2n) is 4.46. The Balaban J connectivity index is 1.93. The fourth-order valence-electron chi connectivity index (χ4n) is 1.51. The number of halogens is 4. The number of nitrogens with one attached hydrogen (secondary N) is 2. The van der Waals surface area contributed by atoms with Gasteiger partial charge in [0.25, 0.3) is 15.9 Å². The van der Waals surface area contributed by atoms with E-state index in [4.69, 9.17) is 51.1 Å². The van der Waals surface area contributed by atoms with E-state index >= 15 is 0 Å². The molecule has 0 saturated carbocycles. The summed E-state index contributed by atoms with van der Waals surface area (Å²) < 4.78 is 29.2. The van der Waals surface area contributed by atoms with Crippen molar-refractivity contribution in [1.82, 2.24) is 15.2 Å². The smallest absolute Gasteiger partial charge is 0.272 e. The molecule has 0 aliphatic carbocycles. The Morgan fingerprint density at radius 2 is 1.84 bits per heavy atom. The number of hydrazine groups is 1. The minimum absolute atomic E-state index is 0.0436. The molecule has 0 atom stereocenters. The molecule has 7 nitrogen and oxygen atoms in total. The average Bonchev–Trinajstić information content (AvgIpc) is 2.54. The molecule has 0 fully saturated rings. The standard InChI is InChI=1S/C13H9Cl4N3O4S/c14-7-1-2-11(9(15)3-7)24-6-12(21)19-20-25(22,23)8-4-10(16)13(17)18-5-8/h1-5,20H,6H2,(H,19,21). The first-order valence-electron chi connectivity index (χ1n) is 6.38. The van der Waals surface area contributed by atoms with E-state index in [2.05, 4.69) is 4.98 Å². The van der Waals surface area contributed by atoms with Crippen molar-refractivity contribution in [3.63, 3.8) is 0 Å². The van der Waals surface area contributed by atoms with Crippen LogP contribution in [0.5, 0.6) is 5.75 Å². The number of hydrogen-bond acceptors (Lipinski definition) is 5. The van der Waals surface area contributed by atoms with Gasteiger partial charge in [-0.3, -0.25) is 10.2 Å². The minimum atomic E-state index is -4.08. The van der Waals surface area contributed by atoms with Crippen LogP contribution in [0.15, 0.2) is 35.4 Å². The van der Waals surface area contributed by atoms with Gasteiger partial charge in [0, 0.05) is 11.2 Å². The second kappa shape index (κ2) is 8.39. The number of amides is 1. The molecule has 0 radical (unpaired) electrons. The second-order valence-corrected chi connectivity index (χ2v) is 7.75. The number of rotatable bonds is 6. The van der Waals surface area contributed by atoms with Crippen LogP contribution < -0.4 is 15.0 Å². The van der Waals surface area contributed by atoms with Crippen LogP contribution >= 0.6 is 46.4 Å². The molecule has 2 N–H and O–H groups in total. The van der Waals surface area contributed by atoms with Gasteiger partial charge in [-0.05, 0) is 24.3 Å². The van der Waals surface area contributed by atoms with Gasteiger partial charge in [0.05, 0.1) is 10.0 Å². The maximum Gasteiger partial charge on any atom is 0.272 e. The van der Waals surface area contributed by atoms with Crippen LogP contribution in [-0.2, 0) is 14.8 Å². The van der Waals surface area contributed by atoms with Crippen LogP contribution in [0.25, 0.3) is 0 Å². The largest absolute Gasteiger partial charge is 0.482 e. The van der Waals surface area contributed by atoms with E-state index < -0.39 is 22.5 Å². The lowest BCUT2D eigenvalue weighted by Gasteiger charge is -2.10. The van der Waals surface area contributed by atoms with Crippen molar-refractivity contribution < 1.29 is 17.9 Å². The molecule has 0 saturated heterocycles. The highest BCUT2D eigenvalue weighted by Crippen LogP contribution is 2.27. The van der Waals surface area contributed by atoms with Gasteiger partial charge in [-0.15, -0.1) is 4.83 Å². The Morgan fingerprint density at radius 3 is 2.48 bits per heavy atom. The molecule has 0 aliphatic rings. The molecular weight excluding hydrogens is 436 g/mol. The van der Waals surface area contributed by atoms with E-state index in [-0.39, 0.29) is 25.8 Å². The first-order chi connectivity index (χ1) is 11.7. The van der Waals surface area contributed by atoms with Gasteiger partial charge < -0.3 is 4.74 Å². The lowest BCUT2D eigenvalue weighted by Crippen LogP contribution is -2.43. The monoisotopic (exact) mass is 443 g/mol. The highest BCUT2D eigenvalue weighted by atomic mass is 35.5. The Hall–Kier alpha value is -1.29. The van der Waals surface area contributed by atoms with Crippen molar-refractivity contribution in [2.45, 2.75) is 4.90 Å². The Bertz CT molecular complexity index is 908. The number of hydrogen-bond donors (Lipinski definition) is 2. The van der Waals surface area contributed by atoms with Crippen LogP contribution in [-0.4, -0.2) is 25.9 Å². The fourth-order valence-corrected chi connectivity index (χ4v) is 3.13. The summed E-state index contributed by atoms with van der Waals surface area (Å²) in [5.74, 6) is -0.541. The number of sulfonamides is 1. The number of aromatic nitrogens is 1. The van der Waals surface area contributed by atoms with Gasteiger partial charge in [-0.2, -0.15) is 0 Å². The van der Waals surface area contributed by atoms with E-state index in [1.54, 1.807) is 0 Å². The normalized spacial score (nSPS) is 11.2. The summed E-state index contributed by atoms with van der Waals surface area (Å²) in [4.78, 5) is 16.9. The van der Waals surface area contributed by atoms with Gasteiger partial charge in [0.2, 0.25) is 0 Å². The molecule has 0 aliphatic heterocycles. The van der Waals surface area contributed by atoms with E-state index in [1.165, 1.54) is 18.2 Å². The predicted octanol–water partition coefficient (Wildman–Crippen LogP) is 3.08. The molecule has 134 valence electrons. The van der Waals surface area contributed by atoms with E-state index in [0.29, 0.717) is 5.02 Å². The summed E-state index contributed by atoms with van der Waals surface area (Å²) >= 11 is 23.0. The summed E-state index contributed by atoms with van der Waals surface area (Å²) in [5, 5.41) is 0.530. The van der Waals surface area contributed by atoms with Crippen LogP contribution in [0.2, 0.25) is 20.2 Å². The zero-order valence-corrected chi connectivity index (χ0v) is 15.9. The third kappa shape index (κ3) is 5.60. The number of pyridine rings is 1. The molecule has 1 aromatic heterocycles. The van der Waals surface area contributed by atoms with Crippen molar-refractivity contribution in [1.29, 1.82) is 0 Å². The first-order valence-corrected chi connectivity index (χ1v) is 9.38. The molecule has 1 heterocycles. The fraction of sp³-hybridized carbons (Fsp3) is 0.0769. The number of carbonyl (C=O) groups is 1. The van der Waals surface area contributed by atoms with E-state index in [0.717, 1.165) is 12.3 Å². The van der Waals surface area contributed by atoms with Crippen molar-refractivity contribution >= 4 is 62.3 Å². The van der Waals surface area contributed by atoms with Gasteiger partial charge in [-0.1, -0.05) is 46.4 Å². The maximum absolute atomic E-state index is 12.0. The Morgan fingerprint density at radius 1 is 1.12 bits per heavy atom. The van der Waals surface area contributed by atoms with Gasteiger partial charge >= 0.3 is 0 Å². The Kier molecular flexibility index (Phi) is 6.72. The van der Waals surface area contributed by atoms with Crippen LogP contribution in [0.1, 0.15) is 0 Å². The zero-order valence-electron chi connectivity index (χ0n) is 12.1. The lowest BCUT2D eigenvalue weighted by atomic mass is 10.3. The van der Waals surface area contributed by atoms with Crippen molar-refractivity contribution in [3.8, 4) is 5.75 Å². The summed E-state index contributed by atoms with van der Waals surface area (Å²) in [6.07, 6.45) is 0.993. The Labute approximate surface area is 163 Å². The van der Waals surface area contributed by atoms with E-state index in [9.17, 15) is 13.2 Å². The van der Waals surface area contributed by atoms with Crippen molar-refractivity contribution in [2.75, 3.05) is 6.61 Å². The first kappa shape index (κ1) is 20.0. The molecule has 0 unspecified atom stereocenters. The van der Waals surface area contributed by atoms with Crippen LogP contribution in [0.4, 0.5) is 0 Å². The third-order valence-corrected chi connectivity index (χ3v) is 5.09. The van der Waals surface area contributed by atoms with Crippen LogP contribution in [0, 0.1) is 0 Å². The zero-order chi connectivity index (χ0) is 18.6. The molecule has 1 amide bonds. The summed E-state index contributed by atoms with van der Waals surface area (Å²) in [5.41, 5.74) is 1.98. The topological polar surface area (TPSA) is 97.4 Å². The SMILES string of the molecule is O=C(COc1ccc(Cl)cc1Cl)NNS(=O)(=O)c1cnc(Cl)c(Cl)c1. The summed E-state index contributed by atoms with van der Waals surface area (Å²) in [6, 6.07) is 5.54. The van der Waals surface area contributed by atoms with Gasteiger partial charge in [0.1, 0.15) is 15.8 Å². The molecular formula is C13H9Cl4N3O4S. The van der Waals surface area contributed by atoms with E-state index in [1.807, 2.05) is 10.3 Å². The average molecular weight is 445 g/mol. The molecule has 0 bridgehead atoms. The van der Waals surface area contributed by atoms with Gasteiger partial charge in [-0.25, -0.2) is 13.4 Å². The lowest BCUT2D eigenvalue weighted by molar-refractivity contribution is -0.123. The van der Waals surface area contributed by atoms with Crippen molar-refractivity contribution in [3.05, 3.63) is 50.7 Å². The summed E-state index contributed by atoms with van der Waals surface area (Å²) in [6.45, 7) is -0.483. The number of carbonyl (C=O) groups excluding carboxylic acids is 1. The third-order valence-electron chi connectivity index (χ3n) is 2.66. The summed E-state index contributed by atoms with van der Waals surface area (Å²) in [7, 11) is -4.08. The molecule has 2 aromatic rings. The number of nitrogens with zero attached hydrogens (tertiary/aromatic N) is 1. The number of ether oxygens (including phenoxy) is 1. The molecule has 12 heteroatoms. The minimum Gasteiger partial charge on any atom is -0.482 e. The number of benzene rings is 1. The van der Waals surface area contributed by atoms with Gasteiger partial charge in [0.15, 0.2) is 6.61 Å². The molecule has 0 spiro atoms. The molecule has 2 rings (SSSR count). The highest BCUT2D eigenvalue weighted by molar-refractivity contribution is 7.89. The van der Waals surface area contributed by atoms with Crippen LogP contribution in [0.3, 0.4) is 0 Å².